The Kier molecular flexibility index (Phi) is 4.28. The van der Waals surface area contributed by atoms with E-state index in [0.29, 0.717) is 12.2 Å². The number of benzene rings is 1. The molecule has 1 N–H and O–H groups in total. The Labute approximate surface area is 148 Å². The maximum atomic E-state index is 12.8. The second kappa shape index (κ2) is 6.15. The first-order valence-corrected chi connectivity index (χ1v) is 9.67. The molecule has 2 heterocycles. The zero-order valence-electron chi connectivity index (χ0n) is 14.5. The van der Waals surface area contributed by atoms with Crippen molar-refractivity contribution in [2.45, 2.75) is 26.2 Å². The van der Waals surface area contributed by atoms with Gasteiger partial charge in [-0.25, -0.2) is 8.42 Å². The number of sulfonamides is 1. The summed E-state index contributed by atoms with van der Waals surface area (Å²) in [5.41, 5.74) is 1.82. The van der Waals surface area contributed by atoms with Gasteiger partial charge in [0.15, 0.2) is 5.84 Å². The van der Waals surface area contributed by atoms with Crippen molar-refractivity contribution in [2.75, 3.05) is 17.6 Å². The molecule has 7 heteroatoms. The van der Waals surface area contributed by atoms with E-state index >= 15 is 0 Å². The Morgan fingerprint density at radius 1 is 1.24 bits per heavy atom. The molecule has 132 valence electrons. The highest BCUT2D eigenvalue weighted by molar-refractivity contribution is 7.90. The molecular formula is C18H21N3O3S. The van der Waals surface area contributed by atoms with Crippen LogP contribution < -0.4 is 5.32 Å². The Hall–Kier alpha value is -2.41. The molecule has 2 aliphatic rings. The number of carbonyl (C=O) groups is 1. The largest absolute Gasteiger partial charge is 0.331 e. The first kappa shape index (κ1) is 17.4. The summed E-state index contributed by atoms with van der Waals surface area (Å²) in [5, 5.41) is 2.90. The zero-order valence-corrected chi connectivity index (χ0v) is 15.3. The molecule has 0 atom stereocenters. The molecule has 0 spiro atoms. The van der Waals surface area contributed by atoms with Crippen LogP contribution in [-0.4, -0.2) is 37.4 Å². The van der Waals surface area contributed by atoms with Gasteiger partial charge in [-0.2, -0.15) is 0 Å². The predicted molar refractivity (Wildman–Crippen MR) is 98.9 cm³/mol. The number of amides is 1. The molecule has 1 aromatic rings. The van der Waals surface area contributed by atoms with E-state index in [2.05, 4.69) is 30.5 Å². The van der Waals surface area contributed by atoms with E-state index < -0.39 is 10.0 Å². The maximum absolute atomic E-state index is 12.8. The molecule has 0 unspecified atom stereocenters. The van der Waals surface area contributed by atoms with Gasteiger partial charge >= 0.3 is 0 Å². The Bertz CT molecular complexity index is 906. The minimum atomic E-state index is -3.53. The average Bonchev–Trinajstić information content (AvgIpc) is 2.53. The molecule has 1 aromatic carbocycles. The number of hydrogen-bond acceptors (Lipinski definition) is 4. The van der Waals surface area contributed by atoms with Crippen molar-refractivity contribution in [3.63, 3.8) is 0 Å². The highest BCUT2D eigenvalue weighted by Gasteiger charge is 2.30. The van der Waals surface area contributed by atoms with Crippen LogP contribution in [-0.2, 0) is 20.2 Å². The van der Waals surface area contributed by atoms with Gasteiger partial charge in [-0.1, -0.05) is 39.0 Å². The van der Waals surface area contributed by atoms with Gasteiger partial charge in [-0.3, -0.25) is 4.79 Å². The van der Waals surface area contributed by atoms with Crippen molar-refractivity contribution < 1.29 is 13.2 Å². The van der Waals surface area contributed by atoms with E-state index in [1.807, 2.05) is 24.3 Å². The van der Waals surface area contributed by atoms with Gasteiger partial charge in [-0.05, 0) is 29.2 Å². The molecule has 0 radical (unpaired) electrons. The molecule has 2 aliphatic heterocycles. The molecule has 0 aromatic heterocycles. The molecule has 0 bridgehead atoms. The highest BCUT2D eigenvalue weighted by atomic mass is 32.2. The van der Waals surface area contributed by atoms with Gasteiger partial charge < -0.3 is 10.2 Å². The summed E-state index contributed by atoms with van der Waals surface area (Å²) in [5.74, 6) is -0.246. The SMILES string of the molecule is CC(C)(C)c1ccccc1NC(=O)C1=CC=CN2CCS(=O)(=O)N=C12. The fourth-order valence-electron chi connectivity index (χ4n) is 2.83. The highest BCUT2D eigenvalue weighted by Crippen LogP contribution is 2.30. The van der Waals surface area contributed by atoms with Crippen molar-refractivity contribution in [2.24, 2.45) is 4.40 Å². The normalized spacial score (nSPS) is 18.9. The van der Waals surface area contributed by atoms with E-state index in [1.165, 1.54) is 0 Å². The van der Waals surface area contributed by atoms with Gasteiger partial charge in [0.1, 0.15) is 0 Å². The number of nitrogens with zero attached hydrogens (tertiary/aromatic N) is 2. The van der Waals surface area contributed by atoms with Crippen LogP contribution in [0.5, 0.6) is 0 Å². The van der Waals surface area contributed by atoms with Gasteiger partial charge in [0.05, 0.1) is 11.3 Å². The topological polar surface area (TPSA) is 78.8 Å². The molecule has 0 aliphatic carbocycles. The van der Waals surface area contributed by atoms with Gasteiger partial charge in [0.25, 0.3) is 15.9 Å². The molecule has 6 nitrogen and oxygen atoms in total. The van der Waals surface area contributed by atoms with Crippen LogP contribution in [0.3, 0.4) is 0 Å². The third-order valence-corrected chi connectivity index (χ3v) is 5.24. The lowest BCUT2D eigenvalue weighted by Gasteiger charge is -2.29. The van der Waals surface area contributed by atoms with Crippen LogP contribution in [0.25, 0.3) is 0 Å². The standard InChI is InChI=1S/C18H21N3O3S/c1-18(2,3)14-8-4-5-9-15(14)19-17(22)13-7-6-10-21-11-12-25(23,24)20-16(13)21/h4-10H,11-12H2,1-3H3,(H,19,22). The van der Waals surface area contributed by atoms with Crippen LogP contribution in [0.4, 0.5) is 5.69 Å². The van der Waals surface area contributed by atoms with Crippen molar-refractivity contribution in [3.8, 4) is 0 Å². The summed E-state index contributed by atoms with van der Waals surface area (Å²) in [6.45, 7) is 6.50. The number of amidine groups is 1. The lowest BCUT2D eigenvalue weighted by atomic mass is 9.86. The van der Waals surface area contributed by atoms with Crippen molar-refractivity contribution >= 4 is 27.5 Å². The van der Waals surface area contributed by atoms with Crippen LogP contribution in [0.1, 0.15) is 26.3 Å². The van der Waals surface area contributed by atoms with Crippen LogP contribution in [0, 0.1) is 0 Å². The summed E-state index contributed by atoms with van der Waals surface area (Å²) < 4.78 is 27.4. The number of anilines is 1. The summed E-state index contributed by atoms with van der Waals surface area (Å²) in [7, 11) is -3.53. The minimum Gasteiger partial charge on any atom is -0.331 e. The first-order valence-electron chi connectivity index (χ1n) is 8.06. The first-order chi connectivity index (χ1) is 11.7. The van der Waals surface area contributed by atoms with Gasteiger partial charge in [0.2, 0.25) is 0 Å². The average molecular weight is 359 g/mol. The third kappa shape index (κ3) is 3.66. The molecular weight excluding hydrogens is 338 g/mol. The zero-order chi connectivity index (χ0) is 18.2. The monoisotopic (exact) mass is 359 g/mol. The Morgan fingerprint density at radius 2 is 1.96 bits per heavy atom. The number of hydrogen-bond donors (Lipinski definition) is 1. The second-order valence-corrected chi connectivity index (χ2v) is 8.82. The summed E-state index contributed by atoms with van der Waals surface area (Å²) >= 11 is 0. The number of allylic oxidation sites excluding steroid dienone is 2. The lowest BCUT2D eigenvalue weighted by Crippen LogP contribution is -2.41. The fraction of sp³-hybridized carbons (Fsp3) is 0.333. The Balaban J connectivity index is 1.93. The van der Waals surface area contributed by atoms with E-state index in [1.54, 1.807) is 23.3 Å². The van der Waals surface area contributed by atoms with Crippen molar-refractivity contribution in [1.29, 1.82) is 0 Å². The van der Waals surface area contributed by atoms with Gasteiger partial charge in [0, 0.05) is 18.4 Å². The molecule has 1 amide bonds. The van der Waals surface area contributed by atoms with Gasteiger partial charge in [-0.15, -0.1) is 4.40 Å². The fourth-order valence-corrected chi connectivity index (χ4v) is 3.81. The maximum Gasteiger partial charge on any atom is 0.259 e. The summed E-state index contributed by atoms with van der Waals surface area (Å²) in [6, 6.07) is 7.60. The van der Waals surface area contributed by atoms with E-state index in [4.69, 9.17) is 0 Å². The second-order valence-electron chi connectivity index (χ2n) is 7.07. The predicted octanol–water partition coefficient (Wildman–Crippen LogP) is 2.42. The number of carbonyl (C=O) groups excluding carboxylic acids is 1. The number of rotatable bonds is 2. The van der Waals surface area contributed by atoms with Crippen molar-refractivity contribution in [1.82, 2.24) is 4.90 Å². The molecule has 0 fully saturated rings. The number of para-hydroxylation sites is 1. The quantitative estimate of drug-likeness (QED) is 0.879. The van der Waals surface area contributed by atoms with E-state index in [0.717, 1.165) is 5.56 Å². The van der Waals surface area contributed by atoms with Crippen LogP contribution >= 0.6 is 0 Å². The summed E-state index contributed by atoms with van der Waals surface area (Å²) in [4.78, 5) is 14.5. The smallest absolute Gasteiger partial charge is 0.259 e. The van der Waals surface area contributed by atoms with Crippen LogP contribution in [0.15, 0.2) is 52.6 Å². The lowest BCUT2D eigenvalue weighted by molar-refractivity contribution is -0.112. The van der Waals surface area contributed by atoms with Crippen LogP contribution in [0.2, 0.25) is 0 Å². The third-order valence-electron chi connectivity index (χ3n) is 4.09. The molecule has 0 saturated heterocycles. The molecule has 25 heavy (non-hydrogen) atoms. The number of fused-ring (bicyclic) bond motifs is 1. The minimum absolute atomic E-state index is 0.0530. The van der Waals surface area contributed by atoms with Crippen molar-refractivity contribution in [3.05, 3.63) is 53.8 Å². The Morgan fingerprint density at radius 3 is 2.68 bits per heavy atom. The molecule has 0 saturated carbocycles. The molecule has 3 rings (SSSR count). The van der Waals surface area contributed by atoms with E-state index in [9.17, 15) is 13.2 Å². The number of nitrogens with one attached hydrogen (secondary N) is 1. The summed E-state index contributed by atoms with van der Waals surface area (Å²) in [6.07, 6.45) is 5.04. The van der Waals surface area contributed by atoms with E-state index in [-0.39, 0.29) is 28.5 Å².